The molecule has 1 aliphatic rings. The van der Waals surface area contributed by atoms with Crippen LogP contribution >= 0.6 is 0 Å². The molecule has 0 aromatic heterocycles. The highest BCUT2D eigenvalue weighted by Crippen LogP contribution is 2.11. The van der Waals surface area contributed by atoms with Gasteiger partial charge in [-0.2, -0.15) is 0 Å². The number of nitrogens with one attached hydrogen (secondary N) is 1. The third-order valence-corrected chi connectivity index (χ3v) is 3.50. The maximum absolute atomic E-state index is 12.0. The van der Waals surface area contributed by atoms with Gasteiger partial charge in [0.1, 0.15) is 0 Å². The van der Waals surface area contributed by atoms with Gasteiger partial charge < -0.3 is 10.1 Å². The van der Waals surface area contributed by atoms with Crippen LogP contribution in [0.4, 0.5) is 0 Å². The van der Waals surface area contributed by atoms with Crippen LogP contribution in [-0.2, 0) is 14.3 Å². The first-order valence-electron chi connectivity index (χ1n) is 6.96. The molecule has 0 unspecified atom stereocenters. The monoisotopic (exact) mass is 270 g/mol. The van der Waals surface area contributed by atoms with E-state index in [2.05, 4.69) is 10.2 Å². The summed E-state index contributed by atoms with van der Waals surface area (Å²) in [6.45, 7) is 11.2. The number of amides is 1. The van der Waals surface area contributed by atoms with Crippen molar-refractivity contribution in [3.63, 3.8) is 0 Å². The van der Waals surface area contributed by atoms with Crippen LogP contribution in [0.15, 0.2) is 0 Å². The summed E-state index contributed by atoms with van der Waals surface area (Å²) in [6, 6.07) is -0.155. The molecule has 0 radical (unpaired) electrons. The van der Waals surface area contributed by atoms with Crippen molar-refractivity contribution >= 4 is 11.7 Å². The van der Waals surface area contributed by atoms with Crippen LogP contribution in [0.3, 0.4) is 0 Å². The summed E-state index contributed by atoms with van der Waals surface area (Å²) in [4.78, 5) is 25.6. The molecule has 0 saturated carbocycles. The van der Waals surface area contributed by atoms with Crippen LogP contribution in [0.1, 0.15) is 34.6 Å². The number of rotatable bonds is 5. The predicted octanol–water partition coefficient (Wildman–Crippen LogP) is 0.825. The SMILES string of the molecule is CC(=O)[C@H](NC(=O)CN1C[C@@H](C)OC[C@@H]1C)C(C)C. The molecule has 0 spiro atoms. The number of nitrogens with zero attached hydrogens (tertiary/aromatic N) is 1. The Bertz CT molecular complexity index is 331. The van der Waals surface area contributed by atoms with Gasteiger partial charge >= 0.3 is 0 Å². The van der Waals surface area contributed by atoms with Crippen molar-refractivity contribution in [3.8, 4) is 0 Å². The van der Waals surface area contributed by atoms with Gasteiger partial charge in [0.15, 0.2) is 5.78 Å². The van der Waals surface area contributed by atoms with Crippen LogP contribution in [0.2, 0.25) is 0 Å². The Kier molecular flexibility index (Phi) is 5.94. The molecule has 1 heterocycles. The molecule has 0 aromatic carbocycles. The Morgan fingerprint density at radius 3 is 2.53 bits per heavy atom. The van der Waals surface area contributed by atoms with Crippen LogP contribution in [0.25, 0.3) is 0 Å². The van der Waals surface area contributed by atoms with E-state index in [-0.39, 0.29) is 35.8 Å². The van der Waals surface area contributed by atoms with Gasteiger partial charge in [-0.3, -0.25) is 14.5 Å². The van der Waals surface area contributed by atoms with Crippen LogP contribution in [0, 0.1) is 5.92 Å². The van der Waals surface area contributed by atoms with E-state index >= 15 is 0 Å². The lowest BCUT2D eigenvalue weighted by atomic mass is 10.0. The van der Waals surface area contributed by atoms with Crippen molar-refractivity contribution in [3.05, 3.63) is 0 Å². The maximum atomic E-state index is 12.0. The second kappa shape index (κ2) is 7.01. The zero-order valence-corrected chi connectivity index (χ0v) is 12.6. The smallest absolute Gasteiger partial charge is 0.234 e. The topological polar surface area (TPSA) is 58.6 Å². The molecule has 1 aliphatic heterocycles. The lowest BCUT2D eigenvalue weighted by Crippen LogP contribution is -2.53. The Morgan fingerprint density at radius 1 is 1.37 bits per heavy atom. The second-order valence-electron chi connectivity index (χ2n) is 5.82. The van der Waals surface area contributed by atoms with Crippen LogP contribution in [-0.4, -0.2) is 54.5 Å². The highest BCUT2D eigenvalue weighted by molar-refractivity contribution is 5.88. The number of Topliss-reactive ketones (excluding diaryl/α,β-unsaturated/α-hetero) is 1. The standard InChI is InChI=1S/C14H26N2O3/c1-9(2)14(12(5)17)15-13(18)7-16-6-11(4)19-8-10(16)3/h9-11,14H,6-8H2,1-5H3,(H,15,18)/t10-,11+,14+/m0/s1. The summed E-state index contributed by atoms with van der Waals surface area (Å²) in [7, 11) is 0. The van der Waals surface area contributed by atoms with E-state index in [1.807, 2.05) is 27.7 Å². The molecule has 3 atom stereocenters. The summed E-state index contributed by atoms with van der Waals surface area (Å²) >= 11 is 0. The fourth-order valence-electron chi connectivity index (χ4n) is 2.33. The Morgan fingerprint density at radius 2 is 2.00 bits per heavy atom. The van der Waals surface area contributed by atoms with E-state index in [1.165, 1.54) is 6.92 Å². The molecule has 5 heteroatoms. The zero-order chi connectivity index (χ0) is 14.6. The van der Waals surface area contributed by atoms with E-state index in [9.17, 15) is 9.59 Å². The minimum absolute atomic E-state index is 0.00624. The van der Waals surface area contributed by atoms with Gasteiger partial charge in [-0.1, -0.05) is 13.8 Å². The van der Waals surface area contributed by atoms with Crippen molar-refractivity contribution < 1.29 is 14.3 Å². The first-order chi connectivity index (χ1) is 8.81. The fraction of sp³-hybridized carbons (Fsp3) is 0.857. The molecule has 1 fully saturated rings. The van der Waals surface area contributed by atoms with E-state index in [0.717, 1.165) is 6.54 Å². The summed E-state index contributed by atoms with van der Waals surface area (Å²) in [5.41, 5.74) is 0. The van der Waals surface area contributed by atoms with E-state index in [4.69, 9.17) is 4.74 Å². The van der Waals surface area contributed by atoms with Crippen molar-refractivity contribution in [2.24, 2.45) is 5.92 Å². The van der Waals surface area contributed by atoms with Gasteiger partial charge in [-0.25, -0.2) is 0 Å². The molecule has 1 N–H and O–H groups in total. The highest BCUT2D eigenvalue weighted by Gasteiger charge is 2.27. The summed E-state index contributed by atoms with van der Waals surface area (Å²) in [5, 5.41) is 2.83. The molecule has 19 heavy (non-hydrogen) atoms. The third kappa shape index (κ3) is 4.91. The van der Waals surface area contributed by atoms with Crippen LogP contribution < -0.4 is 5.32 Å². The van der Waals surface area contributed by atoms with Gasteiger partial charge in [0.05, 0.1) is 25.3 Å². The second-order valence-corrected chi connectivity index (χ2v) is 5.82. The number of hydrogen-bond donors (Lipinski definition) is 1. The lowest BCUT2D eigenvalue weighted by molar-refractivity contribution is -0.130. The molecule has 110 valence electrons. The van der Waals surface area contributed by atoms with Crippen molar-refractivity contribution in [1.82, 2.24) is 10.2 Å². The summed E-state index contributed by atoms with van der Waals surface area (Å²) in [6.07, 6.45) is 0.151. The Balaban J connectivity index is 2.51. The minimum atomic E-state index is -0.388. The van der Waals surface area contributed by atoms with E-state index in [0.29, 0.717) is 13.2 Å². The Hall–Kier alpha value is -0.940. The predicted molar refractivity (Wildman–Crippen MR) is 73.9 cm³/mol. The molecule has 0 aliphatic carbocycles. The maximum Gasteiger partial charge on any atom is 0.234 e. The average molecular weight is 270 g/mol. The highest BCUT2D eigenvalue weighted by atomic mass is 16.5. The Labute approximate surface area is 115 Å². The largest absolute Gasteiger partial charge is 0.376 e. The molecular formula is C14H26N2O3. The van der Waals surface area contributed by atoms with Gasteiger partial charge in [-0.15, -0.1) is 0 Å². The van der Waals surface area contributed by atoms with Gasteiger partial charge in [0.25, 0.3) is 0 Å². The van der Waals surface area contributed by atoms with Crippen molar-refractivity contribution in [1.29, 1.82) is 0 Å². The van der Waals surface area contributed by atoms with Gasteiger partial charge in [0.2, 0.25) is 5.91 Å². The van der Waals surface area contributed by atoms with Crippen LogP contribution in [0.5, 0.6) is 0 Å². The molecule has 1 saturated heterocycles. The third-order valence-electron chi connectivity index (χ3n) is 3.50. The van der Waals surface area contributed by atoms with Gasteiger partial charge in [0, 0.05) is 12.6 Å². The number of morpholine rings is 1. The molecular weight excluding hydrogens is 244 g/mol. The van der Waals surface area contributed by atoms with Crippen molar-refractivity contribution in [2.75, 3.05) is 19.7 Å². The zero-order valence-electron chi connectivity index (χ0n) is 12.6. The van der Waals surface area contributed by atoms with Gasteiger partial charge in [-0.05, 0) is 26.7 Å². The number of carbonyl (C=O) groups excluding carboxylic acids is 2. The molecule has 0 bridgehead atoms. The molecule has 1 amide bonds. The molecule has 1 rings (SSSR count). The molecule has 5 nitrogen and oxygen atoms in total. The molecule has 0 aromatic rings. The number of hydrogen-bond acceptors (Lipinski definition) is 4. The number of ketones is 1. The normalized spacial score (nSPS) is 26.2. The first-order valence-corrected chi connectivity index (χ1v) is 6.96. The average Bonchev–Trinajstić information content (AvgIpc) is 2.30. The minimum Gasteiger partial charge on any atom is -0.376 e. The first kappa shape index (κ1) is 16.1. The number of ether oxygens (including phenoxy) is 1. The van der Waals surface area contributed by atoms with Crippen molar-refractivity contribution in [2.45, 2.75) is 52.8 Å². The number of carbonyl (C=O) groups is 2. The van der Waals surface area contributed by atoms with E-state index in [1.54, 1.807) is 0 Å². The summed E-state index contributed by atoms with van der Waals surface area (Å²) < 4.78 is 5.53. The quantitative estimate of drug-likeness (QED) is 0.804. The van der Waals surface area contributed by atoms with E-state index < -0.39 is 0 Å². The lowest BCUT2D eigenvalue weighted by Gasteiger charge is -2.36. The summed E-state index contributed by atoms with van der Waals surface area (Å²) in [5.74, 6) is 0.0316. The fourth-order valence-corrected chi connectivity index (χ4v) is 2.33.